The fourth-order valence-corrected chi connectivity index (χ4v) is 3.34. The molecule has 7 nitrogen and oxygen atoms in total. The second kappa shape index (κ2) is 8.45. The number of aromatic nitrogens is 3. The van der Waals surface area contributed by atoms with E-state index in [2.05, 4.69) is 15.0 Å². The van der Waals surface area contributed by atoms with E-state index in [1.165, 1.54) is 0 Å². The van der Waals surface area contributed by atoms with Crippen molar-refractivity contribution >= 4 is 11.8 Å². The highest BCUT2D eigenvalue weighted by molar-refractivity contribution is 5.89. The van der Waals surface area contributed by atoms with E-state index in [1.54, 1.807) is 12.3 Å². The number of morpholine rings is 1. The fourth-order valence-electron chi connectivity index (χ4n) is 3.34. The summed E-state index contributed by atoms with van der Waals surface area (Å²) in [5.41, 5.74) is 4.40. The molecule has 0 atom stereocenters. The van der Waals surface area contributed by atoms with Gasteiger partial charge in [0.1, 0.15) is 12.4 Å². The molecule has 0 unspecified atom stereocenters. The van der Waals surface area contributed by atoms with Gasteiger partial charge < -0.3 is 14.4 Å². The minimum Gasteiger partial charge on any atom is -0.457 e. The van der Waals surface area contributed by atoms with Crippen molar-refractivity contribution in [3.8, 4) is 5.69 Å². The van der Waals surface area contributed by atoms with Crippen LogP contribution in [0.4, 0.5) is 5.82 Å². The summed E-state index contributed by atoms with van der Waals surface area (Å²) in [6, 6.07) is 13.5. The van der Waals surface area contributed by atoms with Crippen molar-refractivity contribution in [1.29, 1.82) is 0 Å². The van der Waals surface area contributed by atoms with Crippen LogP contribution >= 0.6 is 0 Å². The summed E-state index contributed by atoms with van der Waals surface area (Å²) < 4.78 is 12.7. The van der Waals surface area contributed by atoms with Gasteiger partial charge in [0.15, 0.2) is 0 Å². The maximum Gasteiger partial charge on any atom is 0.340 e. The van der Waals surface area contributed by atoms with Crippen LogP contribution in [0.15, 0.2) is 48.7 Å². The molecule has 0 saturated carbocycles. The second-order valence-corrected chi connectivity index (χ2v) is 7.09. The predicted molar refractivity (Wildman–Crippen MR) is 109 cm³/mol. The zero-order valence-electron chi connectivity index (χ0n) is 16.7. The third-order valence-corrected chi connectivity index (χ3v) is 4.88. The first-order chi connectivity index (χ1) is 14.1. The normalized spacial score (nSPS) is 14.1. The number of carbonyl (C=O) groups is 1. The first-order valence-electron chi connectivity index (χ1n) is 9.68. The summed E-state index contributed by atoms with van der Waals surface area (Å²) in [4.78, 5) is 18.9. The number of esters is 1. The second-order valence-electron chi connectivity index (χ2n) is 7.09. The molecular weight excluding hydrogens is 368 g/mol. The zero-order chi connectivity index (χ0) is 20.2. The van der Waals surface area contributed by atoms with E-state index in [4.69, 9.17) is 9.47 Å². The van der Waals surface area contributed by atoms with Gasteiger partial charge in [-0.3, -0.25) is 0 Å². The number of pyridine rings is 1. The van der Waals surface area contributed by atoms with Crippen molar-refractivity contribution in [2.24, 2.45) is 0 Å². The van der Waals surface area contributed by atoms with Crippen LogP contribution in [0.5, 0.6) is 0 Å². The molecule has 3 heterocycles. The Bertz CT molecular complexity index is 974. The summed E-state index contributed by atoms with van der Waals surface area (Å²) >= 11 is 0. The highest BCUT2D eigenvalue weighted by Crippen LogP contribution is 2.16. The number of nitrogens with zero attached hydrogens (tertiary/aromatic N) is 4. The quantitative estimate of drug-likeness (QED) is 0.622. The third-order valence-electron chi connectivity index (χ3n) is 4.88. The van der Waals surface area contributed by atoms with Crippen molar-refractivity contribution in [1.82, 2.24) is 14.8 Å². The van der Waals surface area contributed by atoms with E-state index in [9.17, 15) is 4.79 Å². The minimum absolute atomic E-state index is 0.210. The standard InChI is InChI=1S/C22H24N4O3/c1-16-13-17(2)26(24-16)20-6-3-18(4-7-20)15-29-22(27)19-5-8-21(23-14-19)25-9-11-28-12-10-25/h3-8,13-14H,9-12,15H2,1-2H3. The Morgan fingerprint density at radius 2 is 1.86 bits per heavy atom. The molecule has 0 aliphatic carbocycles. The Balaban J connectivity index is 1.35. The van der Waals surface area contributed by atoms with Gasteiger partial charge in [0, 0.05) is 25.0 Å². The van der Waals surface area contributed by atoms with Gasteiger partial charge in [0.25, 0.3) is 0 Å². The van der Waals surface area contributed by atoms with E-state index in [0.29, 0.717) is 18.8 Å². The number of aryl methyl sites for hydroxylation is 2. The Morgan fingerprint density at radius 3 is 2.48 bits per heavy atom. The number of carbonyl (C=O) groups excluding carboxylic acids is 1. The molecular formula is C22H24N4O3. The number of benzene rings is 1. The van der Waals surface area contributed by atoms with Gasteiger partial charge in [0.05, 0.1) is 30.2 Å². The number of rotatable bonds is 5. The molecule has 1 aliphatic heterocycles. The summed E-state index contributed by atoms with van der Waals surface area (Å²) in [6.07, 6.45) is 1.57. The first-order valence-corrected chi connectivity index (χ1v) is 9.68. The van der Waals surface area contributed by atoms with Crippen LogP contribution in [0, 0.1) is 13.8 Å². The van der Waals surface area contributed by atoms with E-state index in [1.807, 2.05) is 54.9 Å². The molecule has 4 rings (SSSR count). The lowest BCUT2D eigenvalue weighted by atomic mass is 10.2. The summed E-state index contributed by atoms with van der Waals surface area (Å²) in [6.45, 7) is 7.22. The van der Waals surface area contributed by atoms with Crippen molar-refractivity contribution in [2.45, 2.75) is 20.5 Å². The molecule has 0 radical (unpaired) electrons. The zero-order valence-corrected chi connectivity index (χ0v) is 16.7. The molecule has 29 heavy (non-hydrogen) atoms. The largest absolute Gasteiger partial charge is 0.457 e. The van der Waals surface area contributed by atoms with Gasteiger partial charge in [0.2, 0.25) is 0 Å². The topological polar surface area (TPSA) is 69.5 Å². The monoisotopic (exact) mass is 392 g/mol. The predicted octanol–water partition coefficient (Wildman–Crippen LogP) is 3.08. The van der Waals surface area contributed by atoms with Crippen LogP contribution < -0.4 is 4.90 Å². The maximum absolute atomic E-state index is 12.3. The maximum atomic E-state index is 12.3. The molecule has 1 aromatic carbocycles. The molecule has 1 saturated heterocycles. The van der Waals surface area contributed by atoms with Gasteiger partial charge in [-0.05, 0) is 49.7 Å². The smallest absolute Gasteiger partial charge is 0.340 e. The molecule has 0 amide bonds. The molecule has 2 aromatic heterocycles. The lowest BCUT2D eigenvalue weighted by Crippen LogP contribution is -2.36. The molecule has 150 valence electrons. The SMILES string of the molecule is Cc1cc(C)n(-c2ccc(COC(=O)c3ccc(N4CCOCC4)nc3)cc2)n1. The molecule has 7 heteroatoms. The Labute approximate surface area is 169 Å². The lowest BCUT2D eigenvalue weighted by molar-refractivity contribution is 0.0472. The van der Waals surface area contributed by atoms with Crippen LogP contribution in [0.3, 0.4) is 0 Å². The molecule has 0 bridgehead atoms. The van der Waals surface area contributed by atoms with Crippen LogP contribution in [-0.4, -0.2) is 47.0 Å². The average molecular weight is 392 g/mol. The van der Waals surface area contributed by atoms with Crippen molar-refractivity contribution in [2.75, 3.05) is 31.2 Å². The molecule has 0 N–H and O–H groups in total. The van der Waals surface area contributed by atoms with E-state index >= 15 is 0 Å². The molecule has 1 aliphatic rings. The van der Waals surface area contributed by atoms with Crippen molar-refractivity contribution in [3.05, 3.63) is 71.2 Å². The first kappa shape index (κ1) is 19.1. The highest BCUT2D eigenvalue weighted by Gasteiger charge is 2.14. The van der Waals surface area contributed by atoms with Crippen molar-refractivity contribution in [3.63, 3.8) is 0 Å². The lowest BCUT2D eigenvalue weighted by Gasteiger charge is -2.27. The van der Waals surface area contributed by atoms with E-state index in [-0.39, 0.29) is 12.6 Å². The van der Waals surface area contributed by atoms with Gasteiger partial charge in [-0.15, -0.1) is 0 Å². The Morgan fingerprint density at radius 1 is 1.10 bits per heavy atom. The van der Waals surface area contributed by atoms with Crippen LogP contribution in [-0.2, 0) is 16.1 Å². The van der Waals surface area contributed by atoms with Crippen LogP contribution in [0.1, 0.15) is 27.3 Å². The van der Waals surface area contributed by atoms with Crippen LogP contribution in [0.2, 0.25) is 0 Å². The number of anilines is 1. The Kier molecular flexibility index (Phi) is 5.57. The van der Waals surface area contributed by atoms with Crippen LogP contribution in [0.25, 0.3) is 5.69 Å². The number of hydrogen-bond acceptors (Lipinski definition) is 6. The number of ether oxygens (including phenoxy) is 2. The van der Waals surface area contributed by atoms with Crippen molar-refractivity contribution < 1.29 is 14.3 Å². The Hall–Kier alpha value is -3.19. The number of hydrogen-bond donors (Lipinski definition) is 0. The fraction of sp³-hybridized carbons (Fsp3) is 0.318. The third kappa shape index (κ3) is 4.46. The average Bonchev–Trinajstić information content (AvgIpc) is 3.11. The summed E-state index contributed by atoms with van der Waals surface area (Å²) in [7, 11) is 0. The van der Waals surface area contributed by atoms with E-state index in [0.717, 1.165) is 41.5 Å². The van der Waals surface area contributed by atoms with Gasteiger partial charge >= 0.3 is 5.97 Å². The minimum atomic E-state index is -0.381. The molecule has 1 fully saturated rings. The van der Waals surface area contributed by atoms with Gasteiger partial charge in [-0.1, -0.05) is 12.1 Å². The highest BCUT2D eigenvalue weighted by atomic mass is 16.5. The summed E-state index contributed by atoms with van der Waals surface area (Å²) in [5.74, 6) is 0.471. The molecule has 0 spiro atoms. The molecule has 3 aromatic rings. The summed E-state index contributed by atoms with van der Waals surface area (Å²) in [5, 5.41) is 4.48. The van der Waals surface area contributed by atoms with Gasteiger partial charge in [-0.2, -0.15) is 5.10 Å². The van der Waals surface area contributed by atoms with E-state index < -0.39 is 0 Å². The van der Waals surface area contributed by atoms with Gasteiger partial charge in [-0.25, -0.2) is 14.5 Å².